The van der Waals surface area contributed by atoms with Gasteiger partial charge in [0.05, 0.1) is 0 Å². The monoisotopic (exact) mass is 413 g/mol. The van der Waals surface area contributed by atoms with Gasteiger partial charge in [0.25, 0.3) is 0 Å². The van der Waals surface area contributed by atoms with Crippen molar-refractivity contribution in [1.82, 2.24) is 4.90 Å². The Labute approximate surface area is 174 Å². The Hall–Kier alpha value is -2.83. The summed E-state index contributed by atoms with van der Waals surface area (Å²) in [6.45, 7) is 7.59. The van der Waals surface area contributed by atoms with Crippen molar-refractivity contribution in [3.05, 3.63) is 39.2 Å². The Bertz CT molecular complexity index is 1080. The van der Waals surface area contributed by atoms with Gasteiger partial charge >= 0.3 is 17.7 Å². The molecule has 1 fully saturated rings. The van der Waals surface area contributed by atoms with Crippen LogP contribution in [-0.2, 0) is 22.4 Å². The summed E-state index contributed by atoms with van der Waals surface area (Å²) in [6.07, 6.45) is 3.24. The summed E-state index contributed by atoms with van der Waals surface area (Å²) in [5.41, 5.74) is 1.91. The zero-order chi connectivity index (χ0) is 21.6. The maximum atomic E-state index is 12.9. The van der Waals surface area contributed by atoms with E-state index < -0.39 is 23.7 Å². The minimum atomic E-state index is -0.693. The van der Waals surface area contributed by atoms with E-state index in [1.54, 1.807) is 33.8 Å². The summed E-state index contributed by atoms with van der Waals surface area (Å²) < 4.78 is 16.6. The fourth-order valence-electron chi connectivity index (χ4n) is 4.30. The molecule has 0 saturated carbocycles. The van der Waals surface area contributed by atoms with Crippen molar-refractivity contribution in [2.75, 3.05) is 6.54 Å². The number of amides is 1. The van der Waals surface area contributed by atoms with Gasteiger partial charge in [-0.1, -0.05) is 0 Å². The molecule has 160 valence electrons. The average Bonchev–Trinajstić information content (AvgIpc) is 3.32. The van der Waals surface area contributed by atoms with E-state index in [1.807, 2.05) is 6.07 Å². The number of hydrogen-bond acceptors (Lipinski definition) is 6. The van der Waals surface area contributed by atoms with Crippen LogP contribution in [0.25, 0.3) is 11.0 Å². The van der Waals surface area contributed by atoms with Crippen LogP contribution in [0.5, 0.6) is 5.75 Å². The number of hydrogen-bond donors (Lipinski definition) is 0. The van der Waals surface area contributed by atoms with E-state index in [9.17, 15) is 14.4 Å². The lowest BCUT2D eigenvalue weighted by Crippen LogP contribution is -2.44. The fraction of sp³-hybridized carbons (Fsp3) is 0.522. The van der Waals surface area contributed by atoms with Gasteiger partial charge in [0.15, 0.2) is 0 Å². The van der Waals surface area contributed by atoms with Crippen LogP contribution >= 0.6 is 0 Å². The molecule has 1 amide bonds. The fourth-order valence-corrected chi connectivity index (χ4v) is 4.30. The Morgan fingerprint density at radius 3 is 2.60 bits per heavy atom. The highest BCUT2D eigenvalue weighted by Crippen LogP contribution is 2.33. The van der Waals surface area contributed by atoms with E-state index in [4.69, 9.17) is 13.9 Å². The second-order valence-corrected chi connectivity index (χ2v) is 9.02. The first-order chi connectivity index (χ1) is 14.2. The van der Waals surface area contributed by atoms with Gasteiger partial charge in [0, 0.05) is 23.1 Å². The molecule has 1 aliphatic carbocycles. The van der Waals surface area contributed by atoms with E-state index >= 15 is 0 Å². The number of aryl methyl sites for hydroxylation is 2. The summed E-state index contributed by atoms with van der Waals surface area (Å²) in [7, 11) is 0. The minimum Gasteiger partial charge on any atom is -0.444 e. The third-order valence-electron chi connectivity index (χ3n) is 5.70. The molecule has 0 N–H and O–H groups in total. The molecule has 4 rings (SSSR count). The van der Waals surface area contributed by atoms with E-state index in [0.717, 1.165) is 35.8 Å². The summed E-state index contributed by atoms with van der Waals surface area (Å²) in [4.78, 5) is 39.1. The van der Waals surface area contributed by atoms with Crippen LogP contribution in [0.3, 0.4) is 0 Å². The number of ether oxygens (including phenoxy) is 2. The van der Waals surface area contributed by atoms with Crippen molar-refractivity contribution in [3.63, 3.8) is 0 Å². The predicted octanol–water partition coefficient (Wildman–Crippen LogP) is 3.90. The van der Waals surface area contributed by atoms with Crippen LogP contribution in [0.4, 0.5) is 4.79 Å². The summed E-state index contributed by atoms with van der Waals surface area (Å²) in [5.74, 6) is -0.172. The SMILES string of the molecule is Cc1c(OC(=O)[C@@H]2CCCN2C(=O)OC(C)(C)C)ccc2c3c(c(=O)oc12)CCC3. The van der Waals surface area contributed by atoms with Gasteiger partial charge in [-0.3, -0.25) is 4.90 Å². The van der Waals surface area contributed by atoms with Crippen LogP contribution in [0.1, 0.15) is 56.7 Å². The number of esters is 1. The lowest BCUT2D eigenvalue weighted by atomic mass is 10.0. The lowest BCUT2D eigenvalue weighted by Gasteiger charge is -2.27. The Balaban J connectivity index is 1.59. The van der Waals surface area contributed by atoms with E-state index in [1.165, 1.54) is 4.90 Å². The maximum Gasteiger partial charge on any atom is 0.411 e. The molecule has 1 saturated heterocycles. The van der Waals surface area contributed by atoms with Crippen LogP contribution in [0.15, 0.2) is 21.3 Å². The molecule has 30 heavy (non-hydrogen) atoms. The van der Waals surface area contributed by atoms with Gasteiger partial charge in [-0.2, -0.15) is 0 Å². The van der Waals surface area contributed by atoms with Crippen molar-refractivity contribution in [3.8, 4) is 5.75 Å². The molecule has 0 bridgehead atoms. The highest BCUT2D eigenvalue weighted by molar-refractivity contribution is 5.88. The molecule has 7 nitrogen and oxygen atoms in total. The number of benzene rings is 1. The first kappa shape index (κ1) is 20.4. The quantitative estimate of drug-likeness (QED) is 0.422. The second-order valence-electron chi connectivity index (χ2n) is 9.02. The molecule has 2 aromatic rings. The van der Waals surface area contributed by atoms with Gasteiger partial charge in [-0.05, 0) is 77.5 Å². The largest absolute Gasteiger partial charge is 0.444 e. The normalized spacial score (nSPS) is 18.5. The van der Waals surface area contributed by atoms with Crippen molar-refractivity contribution < 1.29 is 23.5 Å². The number of fused-ring (bicyclic) bond motifs is 3. The highest BCUT2D eigenvalue weighted by Gasteiger charge is 2.38. The third kappa shape index (κ3) is 3.68. The first-order valence-electron chi connectivity index (χ1n) is 10.4. The molecular formula is C23H27NO6. The summed E-state index contributed by atoms with van der Waals surface area (Å²) >= 11 is 0. The first-order valence-corrected chi connectivity index (χ1v) is 10.4. The Kier molecular flexibility index (Phi) is 5.08. The molecule has 1 atom stereocenters. The standard InChI is InChI=1S/C23H27NO6/c1-13-18(11-10-15-14-7-5-8-16(14)20(25)29-19(13)15)28-21(26)17-9-6-12-24(17)22(27)30-23(2,3)4/h10-11,17H,5-9,12H2,1-4H3/t17-/m0/s1. The van der Waals surface area contributed by atoms with Crippen LogP contribution < -0.4 is 10.4 Å². The molecule has 0 unspecified atom stereocenters. The van der Waals surface area contributed by atoms with Crippen molar-refractivity contribution in [2.45, 2.75) is 71.4 Å². The van der Waals surface area contributed by atoms with Crippen LogP contribution in [-0.4, -0.2) is 35.2 Å². The molecule has 7 heteroatoms. The lowest BCUT2D eigenvalue weighted by molar-refractivity contribution is -0.139. The molecule has 1 aliphatic heterocycles. The number of nitrogens with zero attached hydrogens (tertiary/aromatic N) is 1. The molecule has 1 aromatic carbocycles. The Morgan fingerprint density at radius 2 is 1.87 bits per heavy atom. The highest BCUT2D eigenvalue weighted by atomic mass is 16.6. The zero-order valence-corrected chi connectivity index (χ0v) is 17.9. The van der Waals surface area contributed by atoms with Crippen LogP contribution in [0.2, 0.25) is 0 Å². The topological polar surface area (TPSA) is 86.0 Å². The van der Waals surface area contributed by atoms with Crippen molar-refractivity contribution in [2.24, 2.45) is 0 Å². The zero-order valence-electron chi connectivity index (χ0n) is 17.9. The molecule has 0 radical (unpaired) electrons. The molecule has 2 aliphatic rings. The van der Waals surface area contributed by atoms with E-state index in [-0.39, 0.29) is 5.63 Å². The molecule has 1 aromatic heterocycles. The number of rotatable bonds is 2. The van der Waals surface area contributed by atoms with Gasteiger partial charge in [0.2, 0.25) is 0 Å². The number of carbonyl (C=O) groups is 2. The van der Waals surface area contributed by atoms with Crippen molar-refractivity contribution in [1.29, 1.82) is 0 Å². The minimum absolute atomic E-state index is 0.312. The number of likely N-dealkylation sites (tertiary alicyclic amines) is 1. The maximum absolute atomic E-state index is 12.9. The summed E-state index contributed by atoms with van der Waals surface area (Å²) in [5, 5.41) is 0.899. The molecule has 0 spiro atoms. The van der Waals surface area contributed by atoms with Crippen molar-refractivity contribution >= 4 is 23.0 Å². The van der Waals surface area contributed by atoms with Crippen LogP contribution in [0, 0.1) is 6.92 Å². The van der Waals surface area contributed by atoms with Gasteiger partial charge in [-0.25, -0.2) is 14.4 Å². The van der Waals surface area contributed by atoms with Gasteiger partial charge < -0.3 is 13.9 Å². The average molecular weight is 413 g/mol. The van der Waals surface area contributed by atoms with Gasteiger partial charge in [-0.15, -0.1) is 0 Å². The van der Waals surface area contributed by atoms with Gasteiger partial charge in [0.1, 0.15) is 23.0 Å². The van der Waals surface area contributed by atoms with E-state index in [0.29, 0.717) is 36.3 Å². The molecule has 2 heterocycles. The van der Waals surface area contributed by atoms with E-state index in [2.05, 4.69) is 0 Å². The Morgan fingerprint density at radius 1 is 1.13 bits per heavy atom. The number of carbonyl (C=O) groups excluding carboxylic acids is 2. The second kappa shape index (κ2) is 7.45. The molecular weight excluding hydrogens is 386 g/mol. The third-order valence-corrected chi connectivity index (χ3v) is 5.70. The predicted molar refractivity (Wildman–Crippen MR) is 111 cm³/mol. The smallest absolute Gasteiger partial charge is 0.411 e. The summed E-state index contributed by atoms with van der Waals surface area (Å²) in [6, 6.07) is 2.89.